The summed E-state index contributed by atoms with van der Waals surface area (Å²) < 4.78 is 17.0. The van der Waals surface area contributed by atoms with E-state index in [0.717, 1.165) is 66.4 Å². The Bertz CT molecular complexity index is 1040. The quantitative estimate of drug-likeness (QED) is 0.537. The molecule has 3 aromatic heterocycles. The molecule has 0 bridgehead atoms. The molecule has 2 fully saturated rings. The van der Waals surface area contributed by atoms with Crippen molar-refractivity contribution in [3.05, 3.63) is 28.7 Å². The molecule has 2 aliphatic heterocycles. The second-order valence-electron chi connectivity index (χ2n) is 7.87. The summed E-state index contributed by atoms with van der Waals surface area (Å²) in [4.78, 5) is 26.2. The van der Waals surface area contributed by atoms with Crippen molar-refractivity contribution in [2.24, 2.45) is 0 Å². The molecule has 0 aliphatic carbocycles. The third-order valence-corrected chi connectivity index (χ3v) is 7.37. The highest BCUT2D eigenvalue weighted by Gasteiger charge is 2.21. The Morgan fingerprint density at radius 2 is 2.16 bits per heavy atom. The Balaban J connectivity index is 1.36. The van der Waals surface area contributed by atoms with Crippen molar-refractivity contribution in [2.45, 2.75) is 25.5 Å². The fourth-order valence-electron chi connectivity index (χ4n) is 3.92. The molecule has 5 heterocycles. The van der Waals surface area contributed by atoms with E-state index in [1.807, 2.05) is 11.4 Å². The summed E-state index contributed by atoms with van der Waals surface area (Å²) in [5.74, 6) is 0.999. The van der Waals surface area contributed by atoms with Gasteiger partial charge in [-0.1, -0.05) is 6.07 Å². The van der Waals surface area contributed by atoms with Crippen LogP contribution in [0.2, 0.25) is 0 Å². The average Bonchev–Trinajstić information content (AvgIpc) is 3.58. The number of ether oxygens (including phenoxy) is 3. The normalized spacial score (nSPS) is 19.4. The Labute approximate surface area is 194 Å². The maximum Gasteiger partial charge on any atom is 0.258 e. The van der Waals surface area contributed by atoms with Gasteiger partial charge in [0.2, 0.25) is 5.88 Å². The first-order valence-corrected chi connectivity index (χ1v) is 12.7. The molecule has 1 N–H and O–H groups in total. The van der Waals surface area contributed by atoms with E-state index in [9.17, 15) is 4.79 Å². The maximum atomic E-state index is 12.4. The summed E-state index contributed by atoms with van der Waals surface area (Å²) in [6.07, 6.45) is 2.13. The highest BCUT2D eigenvalue weighted by atomic mass is 32.1. The molecule has 10 heteroatoms. The van der Waals surface area contributed by atoms with E-state index in [2.05, 4.69) is 21.7 Å². The number of morpholine rings is 1. The van der Waals surface area contributed by atoms with Crippen LogP contribution in [-0.2, 0) is 20.8 Å². The Hall–Kier alpha value is -2.11. The van der Waals surface area contributed by atoms with Crippen molar-refractivity contribution in [2.75, 3.05) is 46.1 Å². The molecule has 170 valence electrons. The van der Waals surface area contributed by atoms with Gasteiger partial charge in [0, 0.05) is 42.1 Å². The molecular formula is C22H26N4O4S2. The first-order chi connectivity index (χ1) is 15.8. The predicted molar refractivity (Wildman–Crippen MR) is 124 cm³/mol. The van der Waals surface area contributed by atoms with Crippen LogP contribution >= 0.6 is 22.7 Å². The van der Waals surface area contributed by atoms with E-state index in [1.165, 1.54) is 0 Å². The fraction of sp³-hybridized carbons (Fsp3) is 0.500. The smallest absolute Gasteiger partial charge is 0.258 e. The largest absolute Gasteiger partial charge is 0.467 e. The zero-order valence-corrected chi connectivity index (χ0v) is 19.4. The highest BCUT2D eigenvalue weighted by Crippen LogP contribution is 2.39. The van der Waals surface area contributed by atoms with Gasteiger partial charge in [-0.2, -0.15) is 4.98 Å². The minimum absolute atomic E-state index is 0.0877. The summed E-state index contributed by atoms with van der Waals surface area (Å²) in [5.41, 5.74) is 1.05. The molecule has 0 unspecified atom stereocenters. The van der Waals surface area contributed by atoms with Crippen LogP contribution in [0.4, 0.5) is 0 Å². The molecular weight excluding hydrogens is 448 g/mol. The van der Waals surface area contributed by atoms with Gasteiger partial charge >= 0.3 is 0 Å². The molecule has 0 aromatic carbocycles. The van der Waals surface area contributed by atoms with Crippen molar-refractivity contribution < 1.29 is 19.0 Å². The van der Waals surface area contributed by atoms with Gasteiger partial charge in [-0.25, -0.2) is 4.98 Å². The van der Waals surface area contributed by atoms with Gasteiger partial charge in [0.1, 0.15) is 10.7 Å². The van der Waals surface area contributed by atoms with Crippen LogP contribution < -0.4 is 10.1 Å². The Kier molecular flexibility index (Phi) is 6.94. The van der Waals surface area contributed by atoms with Gasteiger partial charge in [0.25, 0.3) is 5.91 Å². The number of hydrogen-bond acceptors (Lipinski definition) is 9. The lowest BCUT2D eigenvalue weighted by Crippen LogP contribution is -2.36. The second-order valence-corrected chi connectivity index (χ2v) is 9.67. The van der Waals surface area contributed by atoms with Gasteiger partial charge in [-0.3, -0.25) is 9.69 Å². The summed E-state index contributed by atoms with van der Waals surface area (Å²) in [6.45, 7) is 4.98. The summed E-state index contributed by atoms with van der Waals surface area (Å²) in [5, 5.41) is 7.92. The fourth-order valence-corrected chi connectivity index (χ4v) is 5.69. The summed E-state index contributed by atoms with van der Waals surface area (Å²) in [6, 6.07) is 4.10. The van der Waals surface area contributed by atoms with Crippen LogP contribution in [-0.4, -0.2) is 72.9 Å². The lowest BCUT2D eigenvalue weighted by Gasteiger charge is -2.25. The number of fused-ring (bicyclic) bond motifs is 1. The molecule has 32 heavy (non-hydrogen) atoms. The van der Waals surface area contributed by atoms with Crippen LogP contribution in [0.5, 0.6) is 5.88 Å². The first kappa shape index (κ1) is 21.7. The van der Waals surface area contributed by atoms with E-state index in [-0.39, 0.29) is 18.6 Å². The number of thiophene rings is 2. The summed E-state index contributed by atoms with van der Waals surface area (Å²) >= 11 is 3.24. The number of rotatable bonds is 8. The number of amides is 1. The van der Waals surface area contributed by atoms with E-state index in [1.54, 1.807) is 22.7 Å². The SMILES string of the molecule is O=C(COc1nc(CN2CCOCC2)nc2scc(-c3cccs3)c12)NC[C@@H]1CCCO1. The van der Waals surface area contributed by atoms with Crippen molar-refractivity contribution in [1.82, 2.24) is 20.2 Å². The number of aromatic nitrogens is 2. The van der Waals surface area contributed by atoms with Gasteiger partial charge in [0.05, 0.1) is 31.2 Å². The highest BCUT2D eigenvalue weighted by molar-refractivity contribution is 7.18. The van der Waals surface area contributed by atoms with Gasteiger partial charge in [-0.15, -0.1) is 22.7 Å². The monoisotopic (exact) mass is 474 g/mol. The molecule has 1 atom stereocenters. The first-order valence-electron chi connectivity index (χ1n) is 10.9. The van der Waals surface area contributed by atoms with Crippen molar-refractivity contribution in [3.8, 4) is 16.3 Å². The zero-order valence-electron chi connectivity index (χ0n) is 17.7. The number of carbonyl (C=O) groups is 1. The lowest BCUT2D eigenvalue weighted by atomic mass is 10.2. The number of hydrogen-bond donors (Lipinski definition) is 1. The Morgan fingerprint density at radius 3 is 2.94 bits per heavy atom. The number of carbonyl (C=O) groups excluding carboxylic acids is 1. The van der Waals surface area contributed by atoms with Crippen LogP contribution in [0.25, 0.3) is 20.7 Å². The van der Waals surface area contributed by atoms with Crippen LogP contribution in [0.15, 0.2) is 22.9 Å². The molecule has 0 saturated carbocycles. The molecule has 2 saturated heterocycles. The molecule has 0 radical (unpaired) electrons. The molecule has 8 nitrogen and oxygen atoms in total. The van der Waals surface area contributed by atoms with Gasteiger partial charge in [-0.05, 0) is 24.3 Å². The molecule has 1 amide bonds. The minimum Gasteiger partial charge on any atom is -0.467 e. The van der Waals surface area contributed by atoms with E-state index < -0.39 is 0 Å². The summed E-state index contributed by atoms with van der Waals surface area (Å²) in [7, 11) is 0. The Morgan fingerprint density at radius 1 is 1.25 bits per heavy atom. The van der Waals surface area contributed by atoms with E-state index >= 15 is 0 Å². The van der Waals surface area contributed by atoms with Crippen LogP contribution in [0, 0.1) is 0 Å². The molecule has 2 aliphatic rings. The maximum absolute atomic E-state index is 12.4. The van der Waals surface area contributed by atoms with Crippen LogP contribution in [0.1, 0.15) is 18.7 Å². The van der Waals surface area contributed by atoms with Crippen molar-refractivity contribution >= 4 is 38.8 Å². The molecule has 0 spiro atoms. The van der Waals surface area contributed by atoms with Crippen molar-refractivity contribution in [3.63, 3.8) is 0 Å². The second kappa shape index (κ2) is 10.2. The molecule has 5 rings (SSSR count). The minimum atomic E-state index is -0.171. The van der Waals surface area contributed by atoms with Gasteiger partial charge in [0.15, 0.2) is 6.61 Å². The predicted octanol–water partition coefficient (Wildman–Crippen LogP) is 2.93. The van der Waals surface area contributed by atoms with Crippen molar-refractivity contribution in [1.29, 1.82) is 0 Å². The van der Waals surface area contributed by atoms with E-state index in [4.69, 9.17) is 24.2 Å². The number of nitrogens with one attached hydrogen (secondary N) is 1. The van der Waals surface area contributed by atoms with Crippen LogP contribution in [0.3, 0.4) is 0 Å². The third kappa shape index (κ3) is 5.10. The average molecular weight is 475 g/mol. The standard InChI is InChI=1S/C22H26N4O4S2/c27-19(23-11-15-3-1-7-29-15)13-30-21-20-16(17-4-2-10-31-17)14-32-22(20)25-18(24-21)12-26-5-8-28-9-6-26/h2,4,10,14-15H,1,3,5-9,11-13H2,(H,23,27)/t15-/m0/s1. The third-order valence-electron chi connectivity index (χ3n) is 5.59. The van der Waals surface area contributed by atoms with E-state index in [0.29, 0.717) is 24.8 Å². The number of nitrogens with zero attached hydrogens (tertiary/aromatic N) is 3. The topological polar surface area (TPSA) is 85.8 Å². The zero-order chi connectivity index (χ0) is 21.8. The van der Waals surface area contributed by atoms with Gasteiger partial charge < -0.3 is 19.5 Å². The lowest BCUT2D eigenvalue weighted by molar-refractivity contribution is -0.123. The molecule has 3 aromatic rings.